The molecule has 0 aliphatic carbocycles. The Bertz CT molecular complexity index is 501. The molecular formula is C16H26ClN3O4. The molecule has 0 saturated carbocycles. The minimum absolute atomic E-state index is 0. The van der Waals surface area contributed by atoms with E-state index >= 15 is 0 Å². The van der Waals surface area contributed by atoms with Crippen molar-refractivity contribution in [2.45, 2.75) is 57.9 Å². The molecule has 3 aliphatic rings. The molecule has 3 aliphatic heterocycles. The van der Waals surface area contributed by atoms with Crippen LogP contribution in [0.4, 0.5) is 0 Å². The molecule has 6 atom stereocenters. The Labute approximate surface area is 148 Å². The summed E-state index contributed by atoms with van der Waals surface area (Å²) in [7, 11) is 0. The van der Waals surface area contributed by atoms with Crippen LogP contribution in [0.5, 0.6) is 0 Å². The number of carbonyl (C=O) groups is 3. The Morgan fingerprint density at radius 1 is 1.21 bits per heavy atom. The topological polar surface area (TPSA) is 87.7 Å². The van der Waals surface area contributed by atoms with Gasteiger partial charge in [0.05, 0.1) is 24.0 Å². The van der Waals surface area contributed by atoms with Crippen LogP contribution in [-0.2, 0) is 19.1 Å². The van der Waals surface area contributed by atoms with Gasteiger partial charge < -0.3 is 15.4 Å². The summed E-state index contributed by atoms with van der Waals surface area (Å²) in [6.07, 6.45) is 1.38. The Morgan fingerprint density at radius 2 is 1.75 bits per heavy atom. The van der Waals surface area contributed by atoms with Gasteiger partial charge in [0.25, 0.3) is 0 Å². The number of nitrogens with zero attached hydrogens (tertiary/aromatic N) is 1. The number of carbonyl (C=O) groups excluding carboxylic acids is 3. The number of likely N-dealkylation sites (tertiary alicyclic amines) is 1. The Balaban J connectivity index is 0.00000208. The Hall–Kier alpha value is -1.18. The monoisotopic (exact) mass is 359 g/mol. The van der Waals surface area contributed by atoms with Crippen molar-refractivity contribution in [2.75, 3.05) is 13.1 Å². The SMILES string of the molecule is CCN[C@H](C)CNC(=O)C(C)N1C(=O)C2C3CCC(O3)C2C1=O.Cl. The number of ether oxygens (including phenoxy) is 1. The summed E-state index contributed by atoms with van der Waals surface area (Å²) in [6.45, 7) is 6.88. The number of amides is 3. The lowest BCUT2D eigenvalue weighted by Gasteiger charge is -2.24. The lowest BCUT2D eigenvalue weighted by Crippen LogP contribution is -2.51. The molecule has 0 radical (unpaired) electrons. The van der Waals surface area contributed by atoms with Crippen molar-refractivity contribution in [2.24, 2.45) is 11.8 Å². The number of rotatable bonds is 6. The first-order valence-corrected chi connectivity index (χ1v) is 8.49. The van der Waals surface area contributed by atoms with Gasteiger partial charge in [-0.05, 0) is 33.2 Å². The molecule has 3 rings (SSSR count). The molecule has 0 aromatic carbocycles. The summed E-state index contributed by atoms with van der Waals surface area (Å²) in [5, 5.41) is 6.01. The Kier molecular flexibility index (Phi) is 5.88. The van der Waals surface area contributed by atoms with E-state index in [1.807, 2.05) is 13.8 Å². The second-order valence-electron chi connectivity index (χ2n) is 6.77. The largest absolute Gasteiger partial charge is 0.373 e. The predicted octanol–water partition coefficient (Wildman–Crippen LogP) is 0.0733. The smallest absolute Gasteiger partial charge is 0.243 e. The first kappa shape index (κ1) is 19.1. The highest BCUT2D eigenvalue weighted by molar-refractivity contribution is 6.09. The standard InChI is InChI=1S/C16H25N3O4.ClH/c1-4-17-8(2)7-18-14(20)9(3)19-15(21)12-10-5-6-11(23-10)13(12)16(19)22;/h8-13,17H,4-7H2,1-3H3,(H,18,20);1H/t8-,9?,10?,11?,12?,13?;/m1./s1. The van der Waals surface area contributed by atoms with Gasteiger partial charge in [0.1, 0.15) is 6.04 Å². The van der Waals surface area contributed by atoms with E-state index in [2.05, 4.69) is 10.6 Å². The molecule has 3 saturated heterocycles. The number of likely N-dealkylation sites (N-methyl/N-ethyl adjacent to an activating group) is 1. The molecule has 3 fully saturated rings. The van der Waals surface area contributed by atoms with E-state index in [1.54, 1.807) is 6.92 Å². The highest BCUT2D eigenvalue weighted by Crippen LogP contribution is 2.48. The normalized spacial score (nSPS) is 33.2. The molecular weight excluding hydrogens is 334 g/mol. The second-order valence-corrected chi connectivity index (χ2v) is 6.77. The molecule has 8 heteroatoms. The highest BCUT2D eigenvalue weighted by atomic mass is 35.5. The number of imide groups is 1. The van der Waals surface area contributed by atoms with Crippen LogP contribution in [0, 0.1) is 11.8 Å². The van der Waals surface area contributed by atoms with Crippen molar-refractivity contribution in [3.8, 4) is 0 Å². The van der Waals surface area contributed by atoms with E-state index in [0.717, 1.165) is 24.3 Å². The van der Waals surface area contributed by atoms with Crippen molar-refractivity contribution in [1.82, 2.24) is 15.5 Å². The molecule has 7 nitrogen and oxygen atoms in total. The number of nitrogens with one attached hydrogen (secondary N) is 2. The first-order valence-electron chi connectivity index (χ1n) is 8.49. The molecule has 0 spiro atoms. The maximum Gasteiger partial charge on any atom is 0.243 e. The van der Waals surface area contributed by atoms with Crippen LogP contribution in [0.2, 0.25) is 0 Å². The van der Waals surface area contributed by atoms with E-state index < -0.39 is 6.04 Å². The molecule has 24 heavy (non-hydrogen) atoms. The van der Waals surface area contributed by atoms with E-state index in [1.165, 1.54) is 0 Å². The quantitative estimate of drug-likeness (QED) is 0.655. The molecule has 3 heterocycles. The predicted molar refractivity (Wildman–Crippen MR) is 89.6 cm³/mol. The van der Waals surface area contributed by atoms with Gasteiger partial charge in [-0.2, -0.15) is 0 Å². The van der Waals surface area contributed by atoms with E-state index in [-0.39, 0.29) is 60.2 Å². The van der Waals surface area contributed by atoms with E-state index in [9.17, 15) is 14.4 Å². The van der Waals surface area contributed by atoms with Gasteiger partial charge in [-0.1, -0.05) is 6.92 Å². The third-order valence-corrected chi connectivity index (χ3v) is 5.22. The van der Waals surface area contributed by atoms with E-state index in [0.29, 0.717) is 6.54 Å². The van der Waals surface area contributed by atoms with Crippen molar-refractivity contribution >= 4 is 30.1 Å². The number of fused-ring (bicyclic) bond motifs is 5. The Morgan fingerprint density at radius 3 is 2.25 bits per heavy atom. The zero-order valence-electron chi connectivity index (χ0n) is 14.3. The van der Waals surface area contributed by atoms with Crippen LogP contribution in [0.3, 0.4) is 0 Å². The van der Waals surface area contributed by atoms with Crippen molar-refractivity contribution in [3.63, 3.8) is 0 Å². The maximum atomic E-state index is 12.6. The molecule has 5 unspecified atom stereocenters. The van der Waals surface area contributed by atoms with Crippen LogP contribution in [-0.4, -0.2) is 60.0 Å². The molecule has 136 valence electrons. The van der Waals surface area contributed by atoms with Crippen molar-refractivity contribution < 1.29 is 19.1 Å². The number of halogens is 1. The zero-order chi connectivity index (χ0) is 16.7. The van der Waals surface area contributed by atoms with Crippen LogP contribution in [0.25, 0.3) is 0 Å². The summed E-state index contributed by atoms with van der Waals surface area (Å²) in [6, 6.07) is -0.626. The summed E-state index contributed by atoms with van der Waals surface area (Å²) in [5.74, 6) is -1.52. The average molecular weight is 360 g/mol. The second kappa shape index (κ2) is 7.37. The summed E-state index contributed by atoms with van der Waals surface area (Å²) < 4.78 is 5.70. The number of hydrogen-bond acceptors (Lipinski definition) is 5. The highest BCUT2D eigenvalue weighted by Gasteiger charge is 2.63. The van der Waals surface area contributed by atoms with Crippen LogP contribution < -0.4 is 10.6 Å². The van der Waals surface area contributed by atoms with Gasteiger partial charge in [-0.15, -0.1) is 12.4 Å². The van der Waals surface area contributed by atoms with Gasteiger partial charge in [-0.25, -0.2) is 0 Å². The lowest BCUT2D eigenvalue weighted by molar-refractivity contribution is -0.149. The zero-order valence-corrected chi connectivity index (χ0v) is 15.1. The molecule has 2 bridgehead atoms. The minimum Gasteiger partial charge on any atom is -0.373 e. The van der Waals surface area contributed by atoms with Crippen LogP contribution in [0.1, 0.15) is 33.6 Å². The third kappa shape index (κ3) is 3.05. The van der Waals surface area contributed by atoms with Crippen molar-refractivity contribution in [1.29, 1.82) is 0 Å². The summed E-state index contributed by atoms with van der Waals surface area (Å²) in [4.78, 5) is 38.7. The summed E-state index contributed by atoms with van der Waals surface area (Å²) >= 11 is 0. The van der Waals surface area contributed by atoms with Crippen LogP contribution in [0.15, 0.2) is 0 Å². The molecule has 3 amide bonds. The van der Waals surface area contributed by atoms with Gasteiger partial charge in [0.2, 0.25) is 17.7 Å². The lowest BCUT2D eigenvalue weighted by atomic mass is 9.81. The van der Waals surface area contributed by atoms with Gasteiger partial charge in [0.15, 0.2) is 0 Å². The van der Waals surface area contributed by atoms with Gasteiger partial charge in [-0.3, -0.25) is 19.3 Å². The van der Waals surface area contributed by atoms with Crippen LogP contribution >= 0.6 is 12.4 Å². The maximum absolute atomic E-state index is 12.6. The fourth-order valence-electron chi connectivity index (χ4n) is 4.06. The van der Waals surface area contributed by atoms with Crippen molar-refractivity contribution in [3.05, 3.63) is 0 Å². The fourth-order valence-corrected chi connectivity index (χ4v) is 4.06. The molecule has 0 aromatic heterocycles. The number of hydrogen-bond donors (Lipinski definition) is 2. The summed E-state index contributed by atoms with van der Waals surface area (Å²) in [5.41, 5.74) is 0. The average Bonchev–Trinajstić information content (AvgIpc) is 3.19. The first-order chi connectivity index (χ1) is 11.0. The fraction of sp³-hybridized carbons (Fsp3) is 0.812. The molecule has 0 aromatic rings. The van der Waals surface area contributed by atoms with Gasteiger partial charge >= 0.3 is 0 Å². The van der Waals surface area contributed by atoms with Gasteiger partial charge in [0, 0.05) is 12.6 Å². The van der Waals surface area contributed by atoms with E-state index in [4.69, 9.17) is 4.74 Å². The molecule has 2 N–H and O–H groups in total. The minimum atomic E-state index is -0.770. The third-order valence-electron chi connectivity index (χ3n) is 5.22.